The van der Waals surface area contributed by atoms with Crippen LogP contribution in [-0.2, 0) is 0 Å². The molecule has 4 heteroatoms. The summed E-state index contributed by atoms with van der Waals surface area (Å²) in [6.07, 6.45) is 5.02. The van der Waals surface area contributed by atoms with Crippen LogP contribution < -0.4 is 0 Å². The molecule has 0 spiro atoms. The highest BCUT2D eigenvalue weighted by Gasteiger charge is 2.32. The molecule has 2 amide bonds. The van der Waals surface area contributed by atoms with Crippen LogP contribution in [0.4, 0.5) is 0 Å². The van der Waals surface area contributed by atoms with Crippen LogP contribution in [0.15, 0.2) is 77.9 Å². The summed E-state index contributed by atoms with van der Waals surface area (Å²) >= 11 is 0. The second kappa shape index (κ2) is 6.17. The van der Waals surface area contributed by atoms with E-state index >= 15 is 0 Å². The van der Waals surface area contributed by atoms with Crippen LogP contribution in [0, 0.1) is 0 Å². The average Bonchev–Trinajstić information content (AvgIpc) is 2.66. The van der Waals surface area contributed by atoms with Gasteiger partial charge in [-0.05, 0) is 29.2 Å². The molecule has 0 N–H and O–H groups in total. The van der Waals surface area contributed by atoms with Gasteiger partial charge in [0.15, 0.2) is 0 Å². The van der Waals surface area contributed by atoms with E-state index in [0.29, 0.717) is 16.5 Å². The molecule has 3 aromatic rings. The maximum Gasteiger partial charge on any atom is 0.282 e. The zero-order valence-electron chi connectivity index (χ0n) is 13.3. The van der Waals surface area contributed by atoms with E-state index < -0.39 is 11.8 Å². The van der Waals surface area contributed by atoms with Gasteiger partial charge in [-0.1, -0.05) is 60.7 Å². The lowest BCUT2D eigenvalue weighted by Crippen LogP contribution is -2.36. The molecular formula is C21H14N2O2. The van der Waals surface area contributed by atoms with Crippen LogP contribution in [0.1, 0.15) is 26.3 Å². The Morgan fingerprint density at radius 1 is 0.760 bits per heavy atom. The van der Waals surface area contributed by atoms with Crippen molar-refractivity contribution in [2.75, 3.05) is 0 Å². The lowest BCUT2D eigenvalue weighted by molar-refractivity contribution is 0.0616. The van der Waals surface area contributed by atoms with Gasteiger partial charge in [-0.3, -0.25) is 9.59 Å². The Morgan fingerprint density at radius 2 is 1.40 bits per heavy atom. The van der Waals surface area contributed by atoms with Crippen molar-refractivity contribution in [3.05, 3.63) is 89.5 Å². The number of amides is 2. The summed E-state index contributed by atoms with van der Waals surface area (Å²) in [4.78, 5) is 25.3. The molecule has 120 valence electrons. The van der Waals surface area contributed by atoms with Gasteiger partial charge in [-0.25, -0.2) is 0 Å². The van der Waals surface area contributed by atoms with Crippen LogP contribution in [0.5, 0.6) is 0 Å². The average molecular weight is 326 g/mol. The number of carbonyl (C=O) groups is 2. The van der Waals surface area contributed by atoms with Crippen LogP contribution in [0.2, 0.25) is 0 Å². The molecule has 1 heterocycles. The van der Waals surface area contributed by atoms with Crippen LogP contribution in [0.3, 0.4) is 0 Å². The topological polar surface area (TPSA) is 49.7 Å². The first-order valence-corrected chi connectivity index (χ1v) is 7.92. The van der Waals surface area contributed by atoms with Gasteiger partial charge >= 0.3 is 0 Å². The minimum Gasteiger partial charge on any atom is -0.267 e. The third-order valence-electron chi connectivity index (χ3n) is 4.11. The van der Waals surface area contributed by atoms with E-state index in [2.05, 4.69) is 5.10 Å². The SMILES string of the molecule is O=C1c2cccc3cccc(c23)C(=O)N1/N=C/C=C/c1ccccc1. The summed E-state index contributed by atoms with van der Waals surface area (Å²) in [6.45, 7) is 0. The predicted octanol–water partition coefficient (Wildman–Crippen LogP) is 4.14. The lowest BCUT2D eigenvalue weighted by Gasteiger charge is -2.22. The van der Waals surface area contributed by atoms with Crippen molar-refractivity contribution >= 4 is 34.9 Å². The Balaban J connectivity index is 1.66. The van der Waals surface area contributed by atoms with Gasteiger partial charge < -0.3 is 0 Å². The molecule has 4 nitrogen and oxygen atoms in total. The van der Waals surface area contributed by atoms with Crippen LogP contribution >= 0.6 is 0 Å². The number of allylic oxidation sites excluding steroid dienone is 1. The highest BCUT2D eigenvalue weighted by Crippen LogP contribution is 2.29. The molecule has 4 rings (SSSR count). The summed E-state index contributed by atoms with van der Waals surface area (Å²) < 4.78 is 0. The van der Waals surface area contributed by atoms with E-state index in [4.69, 9.17) is 0 Å². The molecule has 0 saturated heterocycles. The van der Waals surface area contributed by atoms with E-state index in [1.165, 1.54) is 6.21 Å². The molecule has 0 aliphatic carbocycles. The first kappa shape index (κ1) is 15.0. The zero-order valence-corrected chi connectivity index (χ0v) is 13.3. The molecule has 0 radical (unpaired) electrons. The van der Waals surface area contributed by atoms with Crippen LogP contribution in [-0.4, -0.2) is 23.0 Å². The number of rotatable bonds is 3. The Kier molecular flexibility index (Phi) is 3.71. The Hall–Kier alpha value is -3.53. The van der Waals surface area contributed by atoms with E-state index in [1.54, 1.807) is 18.2 Å². The number of hydrogen-bond donors (Lipinski definition) is 0. The van der Waals surface area contributed by atoms with E-state index in [1.807, 2.05) is 60.7 Å². The van der Waals surface area contributed by atoms with Gasteiger partial charge in [0.1, 0.15) is 0 Å². The third-order valence-corrected chi connectivity index (χ3v) is 4.11. The summed E-state index contributed by atoms with van der Waals surface area (Å²) in [7, 11) is 0. The Labute approximate surface area is 144 Å². The summed E-state index contributed by atoms with van der Waals surface area (Å²) in [5.74, 6) is -0.808. The van der Waals surface area contributed by atoms with Crippen LogP contribution in [0.25, 0.3) is 16.8 Å². The fourth-order valence-corrected chi connectivity index (χ4v) is 2.95. The molecule has 0 saturated carbocycles. The molecule has 25 heavy (non-hydrogen) atoms. The van der Waals surface area contributed by atoms with Crippen molar-refractivity contribution in [1.29, 1.82) is 0 Å². The standard InChI is InChI=1S/C21H14N2O2/c24-20-17-12-4-10-16-11-5-13-18(19(16)17)21(25)23(20)22-14-6-9-15-7-2-1-3-8-15/h1-14H/b9-6+,22-14+. The number of imide groups is 1. The second-order valence-corrected chi connectivity index (χ2v) is 5.67. The van der Waals surface area contributed by atoms with Crippen molar-refractivity contribution in [1.82, 2.24) is 5.01 Å². The number of carbonyl (C=O) groups excluding carboxylic acids is 2. The Morgan fingerprint density at radius 3 is 2.04 bits per heavy atom. The smallest absolute Gasteiger partial charge is 0.267 e. The van der Waals surface area contributed by atoms with Crippen molar-refractivity contribution in [2.24, 2.45) is 5.10 Å². The van der Waals surface area contributed by atoms with Gasteiger partial charge in [0.25, 0.3) is 11.8 Å². The first-order valence-electron chi connectivity index (χ1n) is 7.92. The summed E-state index contributed by atoms with van der Waals surface area (Å²) in [5, 5.41) is 6.57. The molecule has 0 unspecified atom stereocenters. The van der Waals surface area contributed by atoms with E-state index in [0.717, 1.165) is 16.0 Å². The predicted molar refractivity (Wildman–Crippen MR) is 98.4 cm³/mol. The van der Waals surface area contributed by atoms with Crippen molar-refractivity contribution < 1.29 is 9.59 Å². The maximum absolute atomic E-state index is 12.6. The minimum atomic E-state index is -0.404. The quantitative estimate of drug-likeness (QED) is 0.536. The minimum absolute atomic E-state index is 0.404. The summed E-state index contributed by atoms with van der Waals surface area (Å²) in [6, 6.07) is 20.6. The number of hydrazone groups is 1. The lowest BCUT2D eigenvalue weighted by atomic mass is 9.95. The molecular weight excluding hydrogens is 312 g/mol. The monoisotopic (exact) mass is 326 g/mol. The summed E-state index contributed by atoms with van der Waals surface area (Å²) in [5.41, 5.74) is 2.01. The van der Waals surface area contributed by atoms with E-state index in [9.17, 15) is 9.59 Å². The molecule has 1 aliphatic rings. The van der Waals surface area contributed by atoms with Gasteiger partial charge in [0.2, 0.25) is 0 Å². The first-order chi connectivity index (χ1) is 12.3. The number of benzene rings is 3. The van der Waals surface area contributed by atoms with Crippen molar-refractivity contribution in [2.45, 2.75) is 0 Å². The third kappa shape index (κ3) is 2.64. The van der Waals surface area contributed by atoms with Gasteiger partial charge in [-0.2, -0.15) is 10.1 Å². The van der Waals surface area contributed by atoms with Crippen molar-refractivity contribution in [3.63, 3.8) is 0 Å². The van der Waals surface area contributed by atoms with Crippen molar-refractivity contribution in [3.8, 4) is 0 Å². The second-order valence-electron chi connectivity index (χ2n) is 5.67. The number of nitrogens with zero attached hydrogens (tertiary/aromatic N) is 2. The fraction of sp³-hybridized carbons (Fsp3) is 0. The Bertz CT molecular complexity index is 985. The zero-order chi connectivity index (χ0) is 17.2. The maximum atomic E-state index is 12.6. The molecule has 0 fully saturated rings. The molecule has 0 aromatic heterocycles. The molecule has 1 aliphatic heterocycles. The van der Waals surface area contributed by atoms with E-state index in [-0.39, 0.29) is 0 Å². The normalized spacial score (nSPS) is 14.2. The molecule has 0 bridgehead atoms. The molecule has 3 aromatic carbocycles. The fourth-order valence-electron chi connectivity index (χ4n) is 2.95. The highest BCUT2D eigenvalue weighted by molar-refractivity contribution is 6.25. The highest BCUT2D eigenvalue weighted by atomic mass is 16.2. The number of hydrogen-bond acceptors (Lipinski definition) is 3. The van der Waals surface area contributed by atoms with Gasteiger partial charge in [-0.15, -0.1) is 0 Å². The van der Waals surface area contributed by atoms with Gasteiger partial charge in [0.05, 0.1) is 11.1 Å². The van der Waals surface area contributed by atoms with Gasteiger partial charge in [0, 0.05) is 11.6 Å². The largest absolute Gasteiger partial charge is 0.282 e. The molecule has 0 atom stereocenters.